The summed E-state index contributed by atoms with van der Waals surface area (Å²) in [5.41, 5.74) is 1.23. The maximum Gasteiger partial charge on any atom is 0.471 e. The number of fused-ring (bicyclic) bond motifs is 2. The van der Waals surface area contributed by atoms with Gasteiger partial charge in [0.2, 0.25) is 0 Å². The highest BCUT2D eigenvalue weighted by molar-refractivity contribution is 7.12. The molecular weight excluding hydrogens is 401 g/mol. The molecule has 29 heavy (non-hydrogen) atoms. The van der Waals surface area contributed by atoms with Gasteiger partial charge in [0, 0.05) is 41.3 Å². The first-order chi connectivity index (χ1) is 13.7. The molecule has 4 rings (SSSR count). The minimum Gasteiger partial charge on any atom is -0.370 e. The van der Waals surface area contributed by atoms with Crippen LogP contribution in [-0.4, -0.2) is 48.8 Å². The van der Waals surface area contributed by atoms with Gasteiger partial charge in [-0.15, -0.1) is 11.3 Å². The van der Waals surface area contributed by atoms with Crippen molar-refractivity contribution in [3.05, 3.63) is 21.4 Å². The van der Waals surface area contributed by atoms with Gasteiger partial charge in [0.1, 0.15) is 0 Å². The predicted molar refractivity (Wildman–Crippen MR) is 106 cm³/mol. The van der Waals surface area contributed by atoms with E-state index in [2.05, 4.69) is 30.1 Å². The third kappa shape index (κ3) is 4.21. The molecule has 3 heterocycles. The Labute approximate surface area is 173 Å². The van der Waals surface area contributed by atoms with E-state index in [4.69, 9.17) is 4.74 Å². The lowest BCUT2D eigenvalue weighted by molar-refractivity contribution is -0.175. The largest absolute Gasteiger partial charge is 0.471 e. The molecule has 0 unspecified atom stereocenters. The van der Waals surface area contributed by atoms with Gasteiger partial charge in [-0.3, -0.25) is 4.79 Å². The molecule has 1 N–H and O–H groups in total. The fraction of sp³-hybridized carbons (Fsp3) is 0.762. The maximum absolute atomic E-state index is 12.4. The number of hydrogen-bond acceptors (Lipinski definition) is 4. The average molecular weight is 431 g/mol. The van der Waals surface area contributed by atoms with Crippen molar-refractivity contribution in [1.82, 2.24) is 10.2 Å². The average Bonchev–Trinajstić information content (AvgIpc) is 3.06. The van der Waals surface area contributed by atoms with E-state index in [1.807, 2.05) is 11.3 Å². The van der Waals surface area contributed by atoms with Gasteiger partial charge in [0.05, 0.1) is 12.2 Å². The number of nitrogens with one attached hydrogen (secondary N) is 1. The van der Waals surface area contributed by atoms with E-state index in [-0.39, 0.29) is 11.6 Å². The molecule has 0 aromatic carbocycles. The molecule has 162 valence electrons. The van der Waals surface area contributed by atoms with Crippen LogP contribution in [-0.2, 0) is 28.0 Å². The Balaban J connectivity index is 1.31. The Kier molecular flexibility index (Phi) is 5.72. The molecule has 1 saturated heterocycles. The Morgan fingerprint density at radius 2 is 2.17 bits per heavy atom. The summed E-state index contributed by atoms with van der Waals surface area (Å²) in [6, 6.07) is 2.37. The van der Waals surface area contributed by atoms with Crippen LogP contribution in [0.5, 0.6) is 0 Å². The Hall–Kier alpha value is -1.12. The highest BCUT2D eigenvalue weighted by Gasteiger charge is 2.46. The Bertz CT molecular complexity index is 760. The molecule has 0 bridgehead atoms. The van der Waals surface area contributed by atoms with Crippen LogP contribution in [0.4, 0.5) is 13.2 Å². The number of ether oxygens (including phenoxy) is 1. The summed E-state index contributed by atoms with van der Waals surface area (Å²) >= 11 is 1.93. The smallest absolute Gasteiger partial charge is 0.370 e. The second kappa shape index (κ2) is 7.85. The lowest BCUT2D eigenvalue weighted by atomic mass is 9.76. The number of halogens is 3. The quantitative estimate of drug-likeness (QED) is 0.785. The maximum atomic E-state index is 12.4. The first-order valence-corrected chi connectivity index (χ1v) is 11.4. The number of hydrogen-bond donors (Lipinski definition) is 1. The van der Waals surface area contributed by atoms with Gasteiger partial charge in [-0.2, -0.15) is 13.2 Å². The van der Waals surface area contributed by atoms with Crippen molar-refractivity contribution in [2.45, 2.75) is 76.2 Å². The van der Waals surface area contributed by atoms with Gasteiger partial charge in [0.25, 0.3) is 0 Å². The number of carbonyl (C=O) groups is 1. The number of alkyl halides is 3. The second-order valence-corrected chi connectivity index (χ2v) is 10.0. The SMILES string of the molecule is CCc1cc2c(s1)CCO[C@@]21CCN(C[C@H]2C[C@@H](NC(=O)C(F)(F)F)C2)[C@@H](C)C1. The minimum atomic E-state index is -4.79. The summed E-state index contributed by atoms with van der Waals surface area (Å²) in [5.74, 6) is -1.47. The second-order valence-electron chi connectivity index (χ2n) is 8.80. The van der Waals surface area contributed by atoms with Crippen molar-refractivity contribution in [2.75, 3.05) is 19.7 Å². The van der Waals surface area contributed by atoms with Crippen molar-refractivity contribution in [3.8, 4) is 0 Å². The third-order valence-corrected chi connectivity index (χ3v) is 8.12. The van der Waals surface area contributed by atoms with Crippen LogP contribution in [0.2, 0.25) is 0 Å². The molecule has 0 radical (unpaired) electrons. The summed E-state index contributed by atoms with van der Waals surface area (Å²) < 4.78 is 43.5. The van der Waals surface area contributed by atoms with E-state index < -0.39 is 12.1 Å². The lowest BCUT2D eigenvalue weighted by Crippen LogP contribution is -2.55. The fourth-order valence-corrected chi connectivity index (χ4v) is 6.33. The van der Waals surface area contributed by atoms with Crippen LogP contribution in [0, 0.1) is 5.92 Å². The van der Waals surface area contributed by atoms with Gasteiger partial charge in [-0.05, 0) is 56.6 Å². The van der Waals surface area contributed by atoms with E-state index in [1.165, 1.54) is 15.3 Å². The van der Waals surface area contributed by atoms with Crippen LogP contribution in [0.25, 0.3) is 0 Å². The van der Waals surface area contributed by atoms with Crippen molar-refractivity contribution in [3.63, 3.8) is 0 Å². The number of thiophene rings is 1. The number of nitrogens with zero attached hydrogens (tertiary/aromatic N) is 1. The van der Waals surface area contributed by atoms with Gasteiger partial charge < -0.3 is 15.0 Å². The standard InChI is InChI=1S/C21H29F3N2O2S/c1-3-16-10-17-18(29-16)4-7-28-20(17)5-6-26(13(2)11-20)12-14-8-15(9-14)25-19(27)21(22,23)24/h10,13-15H,3-9,11-12H2,1-2H3,(H,25,27)/t13-,14-,15+,20+/m0/s1. The molecule has 1 saturated carbocycles. The summed E-state index contributed by atoms with van der Waals surface area (Å²) in [6.07, 6.45) is 0.448. The van der Waals surface area contributed by atoms with Gasteiger partial charge in [-0.1, -0.05) is 6.92 Å². The molecule has 2 aliphatic heterocycles. The summed E-state index contributed by atoms with van der Waals surface area (Å²) in [5, 5.41) is 2.10. The molecule has 2 fully saturated rings. The van der Waals surface area contributed by atoms with Crippen molar-refractivity contribution < 1.29 is 22.7 Å². The van der Waals surface area contributed by atoms with E-state index in [9.17, 15) is 18.0 Å². The first kappa shape index (κ1) is 21.1. The van der Waals surface area contributed by atoms with Gasteiger partial charge in [-0.25, -0.2) is 0 Å². The van der Waals surface area contributed by atoms with Crippen LogP contribution in [0.3, 0.4) is 0 Å². The highest BCUT2D eigenvalue weighted by atomic mass is 32.1. The number of carbonyl (C=O) groups excluding carboxylic acids is 1. The van der Waals surface area contributed by atoms with E-state index in [0.29, 0.717) is 24.8 Å². The summed E-state index contributed by atoms with van der Waals surface area (Å²) in [6.45, 7) is 7.03. The van der Waals surface area contributed by atoms with E-state index in [0.717, 1.165) is 45.4 Å². The zero-order valence-corrected chi connectivity index (χ0v) is 17.8. The fourth-order valence-electron chi connectivity index (χ4n) is 5.15. The zero-order chi connectivity index (χ0) is 20.8. The van der Waals surface area contributed by atoms with Crippen LogP contribution < -0.4 is 5.32 Å². The molecule has 1 aromatic rings. The van der Waals surface area contributed by atoms with E-state index in [1.54, 1.807) is 0 Å². The molecule has 2 atom stereocenters. The normalized spacial score (nSPS) is 32.7. The number of piperidine rings is 1. The van der Waals surface area contributed by atoms with Crippen LogP contribution in [0.1, 0.15) is 54.8 Å². The van der Waals surface area contributed by atoms with Crippen molar-refractivity contribution >= 4 is 17.2 Å². The molecule has 8 heteroatoms. The first-order valence-electron chi connectivity index (χ1n) is 10.6. The monoisotopic (exact) mass is 430 g/mol. The molecular formula is C21H29F3N2O2S. The highest BCUT2D eigenvalue weighted by Crippen LogP contribution is 2.46. The molecule has 1 aromatic heterocycles. The number of aryl methyl sites for hydroxylation is 1. The predicted octanol–water partition coefficient (Wildman–Crippen LogP) is 4.02. The number of amides is 1. The third-order valence-electron chi connectivity index (χ3n) is 6.78. The van der Waals surface area contributed by atoms with Crippen molar-refractivity contribution in [1.29, 1.82) is 0 Å². The molecule has 1 spiro atoms. The van der Waals surface area contributed by atoms with E-state index >= 15 is 0 Å². The lowest BCUT2D eigenvalue weighted by Gasteiger charge is -2.49. The molecule has 3 aliphatic rings. The Morgan fingerprint density at radius 3 is 2.83 bits per heavy atom. The van der Waals surface area contributed by atoms with Crippen LogP contribution >= 0.6 is 11.3 Å². The molecule has 1 amide bonds. The minimum absolute atomic E-state index is 0.170. The zero-order valence-electron chi connectivity index (χ0n) is 17.0. The van der Waals surface area contributed by atoms with Crippen LogP contribution in [0.15, 0.2) is 6.07 Å². The van der Waals surface area contributed by atoms with Gasteiger partial charge in [0.15, 0.2) is 0 Å². The molecule has 1 aliphatic carbocycles. The summed E-state index contributed by atoms with van der Waals surface area (Å²) in [7, 11) is 0. The van der Waals surface area contributed by atoms with Crippen molar-refractivity contribution in [2.24, 2.45) is 5.92 Å². The topological polar surface area (TPSA) is 41.6 Å². The van der Waals surface area contributed by atoms with Gasteiger partial charge >= 0.3 is 12.1 Å². The Morgan fingerprint density at radius 1 is 1.41 bits per heavy atom. The summed E-state index contributed by atoms with van der Waals surface area (Å²) in [4.78, 5) is 16.4. The number of likely N-dealkylation sites (tertiary alicyclic amines) is 1. The number of rotatable bonds is 4. The molecule has 4 nitrogen and oxygen atoms in total.